The SMILES string of the molecule is CSc1ccc(N2CC(C(=O)Nc3c(C)cccc3C(C)C)CC2=O)cc1. The van der Waals surface area contributed by atoms with Gasteiger partial charge in [-0.1, -0.05) is 32.0 Å². The summed E-state index contributed by atoms with van der Waals surface area (Å²) >= 11 is 1.66. The molecule has 4 nitrogen and oxygen atoms in total. The number of aryl methyl sites for hydroxylation is 1. The monoisotopic (exact) mass is 382 g/mol. The number of carbonyl (C=O) groups excluding carboxylic acids is 2. The van der Waals surface area contributed by atoms with Crippen molar-refractivity contribution in [2.45, 2.75) is 38.0 Å². The number of benzene rings is 2. The lowest BCUT2D eigenvalue weighted by atomic mass is 9.97. The largest absolute Gasteiger partial charge is 0.325 e. The lowest BCUT2D eigenvalue weighted by Gasteiger charge is -2.19. The van der Waals surface area contributed by atoms with E-state index in [0.29, 0.717) is 12.5 Å². The first-order valence-corrected chi connectivity index (χ1v) is 10.5. The minimum atomic E-state index is -0.336. The summed E-state index contributed by atoms with van der Waals surface area (Å²) in [5.74, 6) is -0.0992. The van der Waals surface area contributed by atoms with Crippen molar-refractivity contribution in [2.75, 3.05) is 23.0 Å². The highest BCUT2D eigenvalue weighted by Crippen LogP contribution is 2.31. The van der Waals surface area contributed by atoms with Crippen LogP contribution in [0, 0.1) is 12.8 Å². The first-order valence-electron chi connectivity index (χ1n) is 9.25. The number of hydrogen-bond acceptors (Lipinski definition) is 3. The Labute approximate surface area is 165 Å². The number of hydrogen-bond donors (Lipinski definition) is 1. The average Bonchev–Trinajstić information content (AvgIpc) is 3.05. The zero-order valence-corrected chi connectivity index (χ0v) is 17.1. The van der Waals surface area contributed by atoms with Crippen molar-refractivity contribution in [1.29, 1.82) is 0 Å². The molecule has 1 fully saturated rings. The van der Waals surface area contributed by atoms with Crippen molar-refractivity contribution in [3.63, 3.8) is 0 Å². The maximum Gasteiger partial charge on any atom is 0.229 e. The molecule has 1 heterocycles. The van der Waals surface area contributed by atoms with Gasteiger partial charge < -0.3 is 10.2 Å². The Morgan fingerprint density at radius 3 is 2.52 bits per heavy atom. The van der Waals surface area contributed by atoms with Crippen molar-refractivity contribution in [1.82, 2.24) is 0 Å². The molecule has 142 valence electrons. The molecule has 0 aliphatic carbocycles. The molecule has 2 aromatic carbocycles. The van der Waals surface area contributed by atoms with E-state index in [9.17, 15) is 9.59 Å². The van der Waals surface area contributed by atoms with Crippen LogP contribution in [0.2, 0.25) is 0 Å². The minimum Gasteiger partial charge on any atom is -0.325 e. The predicted molar refractivity (Wildman–Crippen MR) is 113 cm³/mol. The molecule has 2 aromatic rings. The molecule has 5 heteroatoms. The third-order valence-corrected chi connectivity index (χ3v) is 5.80. The fraction of sp³-hybridized carbons (Fsp3) is 0.364. The fourth-order valence-corrected chi connectivity index (χ4v) is 3.87. The second kappa shape index (κ2) is 8.17. The smallest absolute Gasteiger partial charge is 0.229 e. The van der Waals surface area contributed by atoms with Gasteiger partial charge >= 0.3 is 0 Å². The maximum absolute atomic E-state index is 12.9. The van der Waals surface area contributed by atoms with Gasteiger partial charge in [-0.3, -0.25) is 9.59 Å². The second-order valence-electron chi connectivity index (χ2n) is 7.29. The summed E-state index contributed by atoms with van der Waals surface area (Å²) in [4.78, 5) is 28.2. The summed E-state index contributed by atoms with van der Waals surface area (Å²) < 4.78 is 0. The molecule has 1 aliphatic heterocycles. The fourth-order valence-electron chi connectivity index (χ4n) is 3.46. The zero-order valence-electron chi connectivity index (χ0n) is 16.3. The third kappa shape index (κ3) is 4.19. The van der Waals surface area contributed by atoms with E-state index in [4.69, 9.17) is 0 Å². The Hall–Kier alpha value is -2.27. The predicted octanol–water partition coefficient (Wildman–Crippen LogP) is 4.83. The molecule has 3 rings (SSSR count). The summed E-state index contributed by atoms with van der Waals surface area (Å²) in [6.07, 6.45) is 2.27. The van der Waals surface area contributed by atoms with Gasteiger partial charge in [0.2, 0.25) is 11.8 Å². The molecule has 1 N–H and O–H groups in total. The summed E-state index contributed by atoms with van der Waals surface area (Å²) in [6.45, 7) is 6.65. The molecule has 27 heavy (non-hydrogen) atoms. The highest BCUT2D eigenvalue weighted by molar-refractivity contribution is 7.98. The molecule has 1 atom stereocenters. The van der Waals surface area contributed by atoms with Crippen molar-refractivity contribution in [3.8, 4) is 0 Å². The van der Waals surface area contributed by atoms with E-state index in [1.54, 1.807) is 16.7 Å². The van der Waals surface area contributed by atoms with Crippen LogP contribution >= 0.6 is 11.8 Å². The highest BCUT2D eigenvalue weighted by atomic mass is 32.2. The van der Waals surface area contributed by atoms with Crippen LogP contribution < -0.4 is 10.2 Å². The van der Waals surface area contributed by atoms with Crippen LogP contribution in [0.3, 0.4) is 0 Å². The van der Waals surface area contributed by atoms with Gasteiger partial charge in [0.15, 0.2) is 0 Å². The van der Waals surface area contributed by atoms with E-state index < -0.39 is 0 Å². The van der Waals surface area contributed by atoms with Gasteiger partial charge in [0, 0.05) is 29.2 Å². The summed E-state index contributed by atoms with van der Waals surface area (Å²) in [7, 11) is 0. The number of nitrogens with one attached hydrogen (secondary N) is 1. The molecule has 0 bridgehead atoms. The third-order valence-electron chi connectivity index (χ3n) is 5.06. The number of carbonyl (C=O) groups is 2. The van der Waals surface area contributed by atoms with Gasteiger partial charge in [-0.2, -0.15) is 0 Å². The van der Waals surface area contributed by atoms with Gasteiger partial charge in [-0.25, -0.2) is 0 Å². The molecule has 0 spiro atoms. The van der Waals surface area contributed by atoms with E-state index in [-0.39, 0.29) is 24.2 Å². The van der Waals surface area contributed by atoms with Crippen molar-refractivity contribution < 1.29 is 9.59 Å². The van der Waals surface area contributed by atoms with E-state index >= 15 is 0 Å². The molecular weight excluding hydrogens is 356 g/mol. The Kier molecular flexibility index (Phi) is 5.90. The number of thioether (sulfide) groups is 1. The lowest BCUT2D eigenvalue weighted by Crippen LogP contribution is -2.28. The highest BCUT2D eigenvalue weighted by Gasteiger charge is 2.35. The van der Waals surface area contributed by atoms with Gasteiger partial charge in [0.25, 0.3) is 0 Å². The Morgan fingerprint density at radius 2 is 1.89 bits per heavy atom. The van der Waals surface area contributed by atoms with Crippen LogP contribution in [-0.2, 0) is 9.59 Å². The summed E-state index contributed by atoms with van der Waals surface area (Å²) in [5.41, 5.74) is 3.90. The lowest BCUT2D eigenvalue weighted by molar-refractivity contribution is -0.122. The molecule has 1 saturated heterocycles. The minimum absolute atomic E-state index is 0.000850. The van der Waals surface area contributed by atoms with Crippen LogP contribution in [0.4, 0.5) is 11.4 Å². The standard InChI is InChI=1S/C22H26N2O2S/c1-14(2)19-7-5-6-15(3)21(19)23-22(26)16-12-20(25)24(13-16)17-8-10-18(27-4)11-9-17/h5-11,14,16H,12-13H2,1-4H3,(H,23,26). The van der Waals surface area contributed by atoms with Crippen LogP contribution in [0.5, 0.6) is 0 Å². The number of anilines is 2. The quantitative estimate of drug-likeness (QED) is 0.754. The molecular formula is C22H26N2O2S. The molecule has 0 saturated carbocycles. The second-order valence-corrected chi connectivity index (χ2v) is 8.17. The van der Waals surface area contributed by atoms with Crippen molar-refractivity contribution in [3.05, 3.63) is 53.6 Å². The molecule has 1 unspecified atom stereocenters. The van der Waals surface area contributed by atoms with Crippen LogP contribution in [0.15, 0.2) is 47.4 Å². The number of nitrogens with zero attached hydrogens (tertiary/aromatic N) is 1. The average molecular weight is 383 g/mol. The van der Waals surface area contributed by atoms with Crippen molar-refractivity contribution in [2.24, 2.45) is 5.92 Å². The Bertz CT molecular complexity index is 846. The Balaban J connectivity index is 1.75. The first-order chi connectivity index (χ1) is 12.9. The normalized spacial score (nSPS) is 16.9. The molecule has 2 amide bonds. The van der Waals surface area contributed by atoms with E-state index in [0.717, 1.165) is 27.4 Å². The topological polar surface area (TPSA) is 49.4 Å². The zero-order chi connectivity index (χ0) is 19.6. The summed E-state index contributed by atoms with van der Waals surface area (Å²) in [5, 5.41) is 3.09. The maximum atomic E-state index is 12.9. The van der Waals surface area contributed by atoms with Gasteiger partial charge in [0.1, 0.15) is 0 Å². The van der Waals surface area contributed by atoms with Gasteiger partial charge in [-0.05, 0) is 54.5 Å². The molecule has 0 radical (unpaired) electrons. The van der Waals surface area contributed by atoms with Crippen molar-refractivity contribution >= 4 is 35.0 Å². The molecule has 0 aromatic heterocycles. The number of para-hydroxylation sites is 1. The van der Waals surface area contributed by atoms with E-state index in [1.807, 2.05) is 55.6 Å². The van der Waals surface area contributed by atoms with E-state index in [1.165, 1.54) is 0 Å². The van der Waals surface area contributed by atoms with Crippen LogP contribution in [0.25, 0.3) is 0 Å². The van der Waals surface area contributed by atoms with Crippen LogP contribution in [0.1, 0.15) is 37.3 Å². The number of amides is 2. The van der Waals surface area contributed by atoms with Gasteiger partial charge in [0.05, 0.1) is 5.92 Å². The first kappa shape index (κ1) is 19.5. The van der Waals surface area contributed by atoms with E-state index in [2.05, 4.69) is 19.2 Å². The summed E-state index contributed by atoms with van der Waals surface area (Å²) in [6, 6.07) is 14.0. The van der Waals surface area contributed by atoms with Gasteiger partial charge in [-0.15, -0.1) is 11.8 Å². The van der Waals surface area contributed by atoms with Crippen LogP contribution in [-0.4, -0.2) is 24.6 Å². The molecule has 1 aliphatic rings. The number of rotatable bonds is 5. The Morgan fingerprint density at radius 1 is 1.19 bits per heavy atom.